The molecule has 6 heteroatoms. The van der Waals surface area contributed by atoms with Crippen LogP contribution in [0.25, 0.3) is 22.3 Å². The molecular formula is C37H24Cl2O2P2. The van der Waals surface area contributed by atoms with Crippen LogP contribution in [-0.2, 0) is 6.42 Å². The number of rotatable bonds is 4. The van der Waals surface area contributed by atoms with Crippen LogP contribution >= 0.6 is 39.5 Å². The van der Waals surface area contributed by atoms with Crippen LogP contribution < -0.4 is 30.3 Å². The molecule has 0 saturated carbocycles. The maximum atomic E-state index is 6.79. The van der Waals surface area contributed by atoms with E-state index in [0.29, 0.717) is 16.5 Å². The molecule has 6 aromatic rings. The van der Waals surface area contributed by atoms with Crippen molar-refractivity contribution in [2.75, 3.05) is 0 Å². The van der Waals surface area contributed by atoms with E-state index < -0.39 is 16.3 Å². The van der Waals surface area contributed by atoms with Gasteiger partial charge in [0.2, 0.25) is 0 Å². The Hall–Kier alpha value is -3.64. The van der Waals surface area contributed by atoms with Gasteiger partial charge in [0.1, 0.15) is 11.5 Å². The van der Waals surface area contributed by atoms with Crippen LogP contribution in [0.4, 0.5) is 0 Å². The van der Waals surface area contributed by atoms with Gasteiger partial charge in [-0.1, -0.05) is 108 Å². The zero-order valence-corrected chi connectivity index (χ0v) is 26.2. The first kappa shape index (κ1) is 26.9. The van der Waals surface area contributed by atoms with Crippen LogP contribution in [0, 0.1) is 0 Å². The fourth-order valence-corrected chi connectivity index (χ4v) is 10.5. The van der Waals surface area contributed by atoms with Crippen molar-refractivity contribution in [2.45, 2.75) is 6.42 Å². The Balaban J connectivity index is 1.24. The SMILES string of the molecule is Clc1ccc(P2Oc3ccccc3-c3ccccc32)c(Cc2cc(Cl)ccc2P2Oc3ccccc3-c3ccccc32)c1. The van der Waals surface area contributed by atoms with Crippen molar-refractivity contribution in [3.8, 4) is 33.8 Å². The Morgan fingerprint density at radius 3 is 1.28 bits per heavy atom. The van der Waals surface area contributed by atoms with Crippen LogP contribution in [-0.4, -0.2) is 0 Å². The number of fused-ring (bicyclic) bond motifs is 6. The van der Waals surface area contributed by atoms with E-state index in [2.05, 4.69) is 109 Å². The van der Waals surface area contributed by atoms with Gasteiger partial charge >= 0.3 is 0 Å². The van der Waals surface area contributed by atoms with E-state index in [-0.39, 0.29) is 0 Å². The summed E-state index contributed by atoms with van der Waals surface area (Å²) in [5, 5.41) is 6.10. The Morgan fingerprint density at radius 2 is 0.814 bits per heavy atom. The van der Waals surface area contributed by atoms with E-state index in [1.807, 2.05) is 24.3 Å². The molecule has 6 aromatic carbocycles. The fraction of sp³-hybridized carbons (Fsp3) is 0.0270. The average Bonchev–Trinajstić information content (AvgIpc) is 3.04. The number of benzene rings is 6. The van der Waals surface area contributed by atoms with Gasteiger partial charge in [-0.3, -0.25) is 0 Å². The molecule has 0 saturated heterocycles. The highest BCUT2D eigenvalue weighted by Crippen LogP contribution is 2.50. The van der Waals surface area contributed by atoms with E-state index in [4.69, 9.17) is 32.2 Å². The molecule has 0 bridgehead atoms. The molecule has 0 aromatic heterocycles. The van der Waals surface area contributed by atoms with Gasteiger partial charge in [-0.05, 0) is 77.2 Å². The van der Waals surface area contributed by atoms with E-state index >= 15 is 0 Å². The van der Waals surface area contributed by atoms with E-state index in [1.54, 1.807) is 0 Å². The van der Waals surface area contributed by atoms with Crippen molar-refractivity contribution >= 4 is 60.7 Å². The lowest BCUT2D eigenvalue weighted by Gasteiger charge is -2.31. The lowest BCUT2D eigenvalue weighted by Crippen LogP contribution is -2.26. The van der Waals surface area contributed by atoms with Gasteiger partial charge in [-0.2, -0.15) is 0 Å². The number of hydrogen-bond donors (Lipinski definition) is 0. The van der Waals surface area contributed by atoms with Gasteiger partial charge in [0, 0.05) is 42.4 Å². The van der Waals surface area contributed by atoms with Gasteiger partial charge in [0.05, 0.1) is 0 Å². The van der Waals surface area contributed by atoms with Crippen molar-refractivity contribution in [3.63, 3.8) is 0 Å². The highest BCUT2D eigenvalue weighted by atomic mass is 35.5. The first-order valence-electron chi connectivity index (χ1n) is 14.0. The summed E-state index contributed by atoms with van der Waals surface area (Å²) >= 11 is 13.3. The highest BCUT2D eigenvalue weighted by Gasteiger charge is 2.32. The zero-order chi connectivity index (χ0) is 28.9. The molecule has 0 N–H and O–H groups in total. The second-order valence-electron chi connectivity index (χ2n) is 10.5. The summed E-state index contributed by atoms with van der Waals surface area (Å²) in [6.45, 7) is 0. The van der Waals surface area contributed by atoms with E-state index in [0.717, 1.165) is 44.4 Å². The van der Waals surface area contributed by atoms with Crippen LogP contribution in [0.15, 0.2) is 133 Å². The Labute approximate surface area is 263 Å². The van der Waals surface area contributed by atoms with Crippen molar-refractivity contribution in [1.29, 1.82) is 0 Å². The second kappa shape index (κ2) is 11.1. The summed E-state index contributed by atoms with van der Waals surface area (Å²) in [5.41, 5.74) is 6.93. The Morgan fingerprint density at radius 1 is 0.419 bits per heavy atom. The van der Waals surface area contributed by atoms with E-state index in [9.17, 15) is 0 Å². The third kappa shape index (κ3) is 4.84. The summed E-state index contributed by atoms with van der Waals surface area (Å²) in [6, 6.07) is 46.0. The average molecular weight is 633 g/mol. The molecule has 2 aliphatic rings. The Kier molecular flexibility index (Phi) is 6.97. The predicted octanol–water partition coefficient (Wildman–Crippen LogP) is 9.40. The molecule has 0 spiro atoms. The molecule has 208 valence electrons. The summed E-state index contributed by atoms with van der Waals surface area (Å²) in [7, 11) is -2.25. The molecule has 2 heterocycles. The molecule has 0 aliphatic carbocycles. The van der Waals surface area contributed by atoms with Crippen molar-refractivity contribution in [1.82, 2.24) is 0 Å². The van der Waals surface area contributed by atoms with Crippen LogP contribution in [0.5, 0.6) is 11.5 Å². The third-order valence-electron chi connectivity index (χ3n) is 7.88. The van der Waals surface area contributed by atoms with Crippen molar-refractivity contribution in [3.05, 3.63) is 155 Å². The second-order valence-corrected chi connectivity index (χ2v) is 14.9. The molecule has 0 fully saturated rings. The van der Waals surface area contributed by atoms with Gasteiger partial charge in [0.15, 0.2) is 16.3 Å². The standard InChI is InChI=1S/C37H24Cl2O2P2/c38-26-17-19-34(42-36-15-7-3-11-30(36)28-9-1-5-13-32(28)40-42)24(22-26)21-25-23-27(39)18-20-35(25)43-37-16-8-4-12-31(37)29-10-2-6-14-33(29)41-43/h1-20,22-23H,21H2. The number of para-hydroxylation sites is 2. The fourth-order valence-electron chi connectivity index (χ4n) is 5.94. The minimum Gasteiger partial charge on any atom is -0.464 e. The van der Waals surface area contributed by atoms with Crippen LogP contribution in [0.3, 0.4) is 0 Å². The molecule has 2 unspecified atom stereocenters. The monoisotopic (exact) mass is 632 g/mol. The lowest BCUT2D eigenvalue weighted by molar-refractivity contribution is 0.628. The maximum Gasteiger partial charge on any atom is 0.151 e. The van der Waals surface area contributed by atoms with Crippen LogP contribution in [0.1, 0.15) is 11.1 Å². The smallest absolute Gasteiger partial charge is 0.151 e. The van der Waals surface area contributed by atoms with Crippen LogP contribution in [0.2, 0.25) is 10.0 Å². The van der Waals surface area contributed by atoms with Gasteiger partial charge in [0.25, 0.3) is 0 Å². The molecular weight excluding hydrogens is 609 g/mol. The van der Waals surface area contributed by atoms with Gasteiger partial charge < -0.3 is 9.05 Å². The summed E-state index contributed by atoms with van der Waals surface area (Å²) in [4.78, 5) is 0. The quantitative estimate of drug-likeness (QED) is 0.180. The third-order valence-corrected chi connectivity index (χ3v) is 12.5. The van der Waals surface area contributed by atoms with Gasteiger partial charge in [-0.15, -0.1) is 0 Å². The highest BCUT2D eigenvalue weighted by molar-refractivity contribution is 7.69. The first-order valence-corrected chi connectivity index (χ1v) is 17.3. The summed E-state index contributed by atoms with van der Waals surface area (Å²) < 4.78 is 13.6. The molecule has 0 amide bonds. The summed E-state index contributed by atoms with van der Waals surface area (Å²) in [5.74, 6) is 1.82. The molecule has 2 aliphatic heterocycles. The number of halogens is 2. The van der Waals surface area contributed by atoms with Gasteiger partial charge in [-0.25, -0.2) is 0 Å². The first-order chi connectivity index (χ1) is 21.1. The maximum absolute atomic E-state index is 6.79. The molecule has 43 heavy (non-hydrogen) atoms. The van der Waals surface area contributed by atoms with Crippen molar-refractivity contribution in [2.24, 2.45) is 0 Å². The largest absolute Gasteiger partial charge is 0.464 e. The minimum atomic E-state index is -1.13. The predicted molar refractivity (Wildman–Crippen MR) is 183 cm³/mol. The zero-order valence-electron chi connectivity index (χ0n) is 22.9. The minimum absolute atomic E-state index is 0.643. The Bertz CT molecular complexity index is 1880. The molecule has 2 nitrogen and oxygen atoms in total. The van der Waals surface area contributed by atoms with E-state index in [1.165, 1.54) is 21.7 Å². The molecule has 8 rings (SSSR count). The molecule has 0 radical (unpaired) electrons. The van der Waals surface area contributed by atoms with Crippen molar-refractivity contribution < 1.29 is 9.05 Å². The topological polar surface area (TPSA) is 18.5 Å². The summed E-state index contributed by atoms with van der Waals surface area (Å²) in [6.07, 6.45) is 0.643. The normalized spacial score (nSPS) is 16.1. The number of hydrogen-bond acceptors (Lipinski definition) is 2. The molecule has 2 atom stereocenters. The lowest BCUT2D eigenvalue weighted by atomic mass is 10.0.